The van der Waals surface area contributed by atoms with Gasteiger partial charge < -0.3 is 14.6 Å². The lowest BCUT2D eigenvalue weighted by molar-refractivity contribution is -0.161. The van der Waals surface area contributed by atoms with Gasteiger partial charge >= 0.3 is 11.9 Å². The van der Waals surface area contributed by atoms with Gasteiger partial charge in [-0.2, -0.15) is 0 Å². The predicted octanol–water partition coefficient (Wildman–Crippen LogP) is 9.62. The summed E-state index contributed by atoms with van der Waals surface area (Å²) in [6, 6.07) is 0. The minimum absolute atomic E-state index is 0.0603. The van der Waals surface area contributed by atoms with Gasteiger partial charge in [-0.05, 0) is 12.8 Å². The Balaban J connectivity index is 3.43. The molecule has 0 rings (SSSR count). The number of hydrogen-bond donors (Lipinski definition) is 1. The van der Waals surface area contributed by atoms with Crippen molar-refractivity contribution in [1.82, 2.24) is 0 Å². The Labute approximate surface area is 236 Å². The fourth-order valence-electron chi connectivity index (χ4n) is 4.85. The number of carbonyl (C=O) groups is 2. The number of unbranched alkanes of at least 4 members (excludes halogenated alkanes) is 22. The summed E-state index contributed by atoms with van der Waals surface area (Å²) in [4.78, 5) is 23.8. The molecule has 0 radical (unpaired) electrons. The number of aliphatic hydroxyl groups excluding tert-OH is 1. The van der Waals surface area contributed by atoms with Gasteiger partial charge in [-0.15, -0.1) is 0 Å². The highest BCUT2D eigenvalue weighted by Crippen LogP contribution is 2.15. The van der Waals surface area contributed by atoms with E-state index in [0.717, 1.165) is 38.5 Å². The van der Waals surface area contributed by atoms with Crippen molar-refractivity contribution in [2.75, 3.05) is 13.2 Å². The predicted molar refractivity (Wildman–Crippen MR) is 159 cm³/mol. The summed E-state index contributed by atoms with van der Waals surface area (Å²) >= 11 is 0. The Hall–Kier alpha value is -1.10. The van der Waals surface area contributed by atoms with Crippen molar-refractivity contribution in [2.24, 2.45) is 0 Å². The average molecular weight is 541 g/mol. The highest BCUT2D eigenvalue weighted by molar-refractivity contribution is 5.70. The van der Waals surface area contributed by atoms with E-state index in [4.69, 9.17) is 9.47 Å². The van der Waals surface area contributed by atoms with Gasteiger partial charge in [-0.25, -0.2) is 0 Å². The van der Waals surface area contributed by atoms with Crippen LogP contribution in [0.5, 0.6) is 0 Å². The fourth-order valence-corrected chi connectivity index (χ4v) is 4.85. The van der Waals surface area contributed by atoms with Crippen LogP contribution in [0.25, 0.3) is 0 Å². The molecule has 0 aromatic rings. The molecule has 0 heterocycles. The molecule has 0 amide bonds. The Morgan fingerprint density at radius 1 is 0.500 bits per heavy atom. The van der Waals surface area contributed by atoms with Crippen molar-refractivity contribution in [3.05, 3.63) is 0 Å². The van der Waals surface area contributed by atoms with Crippen LogP contribution in [0, 0.1) is 0 Å². The van der Waals surface area contributed by atoms with Gasteiger partial charge in [0.2, 0.25) is 0 Å². The molecule has 0 aliphatic carbocycles. The first-order chi connectivity index (χ1) is 18.6. The molecule has 5 nitrogen and oxygen atoms in total. The van der Waals surface area contributed by atoms with Crippen molar-refractivity contribution in [3.63, 3.8) is 0 Å². The van der Waals surface area contributed by atoms with Crippen LogP contribution in [-0.4, -0.2) is 36.4 Å². The second-order valence-corrected chi connectivity index (χ2v) is 11.3. The second-order valence-electron chi connectivity index (χ2n) is 11.3. The zero-order valence-electron chi connectivity index (χ0n) is 25.5. The Kier molecular flexibility index (Phi) is 29.6. The second kappa shape index (κ2) is 30.4. The maximum atomic E-state index is 12.0. The number of rotatable bonds is 30. The number of aliphatic hydroxyl groups is 1. The first kappa shape index (κ1) is 36.9. The van der Waals surface area contributed by atoms with E-state index >= 15 is 0 Å². The zero-order valence-corrected chi connectivity index (χ0v) is 25.5. The molecule has 0 unspecified atom stereocenters. The van der Waals surface area contributed by atoms with Crippen molar-refractivity contribution in [2.45, 2.75) is 187 Å². The Morgan fingerprint density at radius 2 is 0.816 bits per heavy atom. The minimum atomic E-state index is -0.758. The minimum Gasteiger partial charge on any atom is -0.462 e. The molecule has 38 heavy (non-hydrogen) atoms. The summed E-state index contributed by atoms with van der Waals surface area (Å²) in [5.41, 5.74) is 0. The lowest BCUT2D eigenvalue weighted by Crippen LogP contribution is -2.28. The lowest BCUT2D eigenvalue weighted by atomic mass is 10.0. The van der Waals surface area contributed by atoms with E-state index < -0.39 is 6.10 Å². The highest BCUT2D eigenvalue weighted by Gasteiger charge is 2.16. The maximum Gasteiger partial charge on any atom is 0.306 e. The van der Waals surface area contributed by atoms with Crippen LogP contribution in [0.4, 0.5) is 0 Å². The highest BCUT2D eigenvalue weighted by atomic mass is 16.6. The summed E-state index contributed by atoms with van der Waals surface area (Å²) in [5, 5.41) is 9.43. The largest absolute Gasteiger partial charge is 0.462 e. The monoisotopic (exact) mass is 540 g/mol. The standard InChI is InChI=1S/C33H64O5/c1-3-5-7-9-10-11-12-13-14-15-16-17-18-19-20-21-22-24-26-28-33(36)38-31(29-34)30-37-32(35)27-25-23-8-6-4-2/h31,34H,3-30H2,1-2H3/t31-/m0/s1. The van der Waals surface area contributed by atoms with Crippen molar-refractivity contribution in [3.8, 4) is 0 Å². The summed E-state index contributed by atoms with van der Waals surface area (Å²) in [6.07, 6.45) is 30.5. The first-order valence-electron chi connectivity index (χ1n) is 16.6. The molecule has 0 aromatic heterocycles. The van der Waals surface area contributed by atoms with Gasteiger partial charge in [-0.3, -0.25) is 9.59 Å². The lowest BCUT2D eigenvalue weighted by Gasteiger charge is -2.15. The molecule has 0 saturated heterocycles. The summed E-state index contributed by atoms with van der Waals surface area (Å²) in [6.45, 7) is 4.05. The molecule has 0 saturated carbocycles. The smallest absolute Gasteiger partial charge is 0.306 e. The SMILES string of the molecule is CCCCCCCCCCCCCCCCCCCCCC(=O)O[C@@H](CO)COC(=O)CCCCCCC. The molecule has 0 aliphatic rings. The van der Waals surface area contributed by atoms with E-state index in [0.29, 0.717) is 12.8 Å². The molecule has 226 valence electrons. The quantitative estimate of drug-likeness (QED) is 0.0725. The first-order valence-corrected chi connectivity index (χ1v) is 16.6. The molecule has 5 heteroatoms. The van der Waals surface area contributed by atoms with Gasteiger partial charge in [0.25, 0.3) is 0 Å². The van der Waals surface area contributed by atoms with E-state index in [1.54, 1.807) is 0 Å². The van der Waals surface area contributed by atoms with E-state index in [1.165, 1.54) is 116 Å². The van der Waals surface area contributed by atoms with Crippen LogP contribution in [-0.2, 0) is 19.1 Å². The van der Waals surface area contributed by atoms with Gasteiger partial charge in [0.1, 0.15) is 6.61 Å². The topological polar surface area (TPSA) is 72.8 Å². The number of esters is 2. The Bertz CT molecular complexity index is 508. The van der Waals surface area contributed by atoms with Crippen LogP contribution in [0.2, 0.25) is 0 Å². The molecule has 1 atom stereocenters. The van der Waals surface area contributed by atoms with E-state index in [1.807, 2.05) is 0 Å². The van der Waals surface area contributed by atoms with Crippen molar-refractivity contribution in [1.29, 1.82) is 0 Å². The molecule has 0 aliphatic heterocycles. The van der Waals surface area contributed by atoms with Crippen molar-refractivity contribution < 1.29 is 24.2 Å². The van der Waals surface area contributed by atoms with Gasteiger partial charge in [0, 0.05) is 12.8 Å². The third kappa shape index (κ3) is 27.9. The normalized spacial score (nSPS) is 12.0. The van der Waals surface area contributed by atoms with Crippen LogP contribution in [0.3, 0.4) is 0 Å². The van der Waals surface area contributed by atoms with E-state index in [-0.39, 0.29) is 25.2 Å². The van der Waals surface area contributed by atoms with Crippen LogP contribution in [0.15, 0.2) is 0 Å². The molecule has 0 bridgehead atoms. The number of ether oxygens (including phenoxy) is 2. The third-order valence-electron chi connectivity index (χ3n) is 7.40. The van der Waals surface area contributed by atoms with E-state index in [2.05, 4.69) is 13.8 Å². The van der Waals surface area contributed by atoms with Gasteiger partial charge in [0.15, 0.2) is 6.10 Å². The maximum absolute atomic E-state index is 12.0. The van der Waals surface area contributed by atoms with E-state index in [9.17, 15) is 14.7 Å². The molecule has 0 spiro atoms. The molecule has 0 fully saturated rings. The van der Waals surface area contributed by atoms with Gasteiger partial charge in [0.05, 0.1) is 6.61 Å². The van der Waals surface area contributed by atoms with Crippen LogP contribution in [0.1, 0.15) is 181 Å². The zero-order chi connectivity index (χ0) is 27.9. The Morgan fingerprint density at radius 3 is 1.16 bits per heavy atom. The van der Waals surface area contributed by atoms with Gasteiger partial charge in [-0.1, -0.05) is 155 Å². The summed E-state index contributed by atoms with van der Waals surface area (Å²) in [5.74, 6) is -0.596. The van der Waals surface area contributed by atoms with Crippen LogP contribution < -0.4 is 0 Å². The molecule has 0 aromatic carbocycles. The summed E-state index contributed by atoms with van der Waals surface area (Å²) < 4.78 is 10.4. The molecular weight excluding hydrogens is 476 g/mol. The summed E-state index contributed by atoms with van der Waals surface area (Å²) in [7, 11) is 0. The molecule has 1 N–H and O–H groups in total. The average Bonchev–Trinajstić information content (AvgIpc) is 2.92. The number of hydrogen-bond acceptors (Lipinski definition) is 5. The fraction of sp³-hybridized carbons (Fsp3) is 0.939. The van der Waals surface area contributed by atoms with Crippen molar-refractivity contribution >= 4 is 11.9 Å². The number of carbonyl (C=O) groups excluding carboxylic acids is 2. The molecular formula is C33H64O5. The third-order valence-corrected chi connectivity index (χ3v) is 7.40. The van der Waals surface area contributed by atoms with Crippen LogP contribution >= 0.6 is 0 Å².